The number of aromatic nitrogens is 2. The summed E-state index contributed by atoms with van der Waals surface area (Å²) >= 11 is 7.78. The van der Waals surface area contributed by atoms with E-state index in [-0.39, 0.29) is 5.56 Å². The molecule has 0 amide bonds. The van der Waals surface area contributed by atoms with E-state index in [4.69, 9.17) is 11.6 Å². The van der Waals surface area contributed by atoms with Crippen LogP contribution in [0.1, 0.15) is 29.1 Å². The average Bonchev–Trinajstić information content (AvgIpc) is 3.00. The van der Waals surface area contributed by atoms with Crippen LogP contribution in [0.3, 0.4) is 0 Å². The third-order valence-corrected chi connectivity index (χ3v) is 5.67. The van der Waals surface area contributed by atoms with Crippen LogP contribution in [0.25, 0.3) is 5.65 Å². The highest BCUT2D eigenvalue weighted by Gasteiger charge is 2.25. The van der Waals surface area contributed by atoms with Crippen molar-refractivity contribution in [3.05, 3.63) is 67.4 Å². The molecule has 118 valence electrons. The van der Waals surface area contributed by atoms with Gasteiger partial charge >= 0.3 is 0 Å². The van der Waals surface area contributed by atoms with Gasteiger partial charge in [0.05, 0.1) is 10.7 Å². The lowest BCUT2D eigenvalue weighted by Gasteiger charge is -2.33. The lowest BCUT2D eigenvalue weighted by Crippen LogP contribution is -2.33. The second kappa shape index (κ2) is 5.74. The minimum absolute atomic E-state index is 0.0895. The van der Waals surface area contributed by atoms with Crippen LogP contribution in [0.5, 0.6) is 0 Å². The molecule has 3 aromatic heterocycles. The van der Waals surface area contributed by atoms with Gasteiger partial charge in [-0.2, -0.15) is 0 Å². The van der Waals surface area contributed by atoms with E-state index in [1.54, 1.807) is 24.4 Å². The molecule has 3 aromatic rings. The minimum Gasteiger partial charge on any atom is -0.290 e. The highest BCUT2D eigenvalue weighted by molar-refractivity contribution is 7.10. The van der Waals surface area contributed by atoms with E-state index in [1.807, 2.05) is 11.3 Å². The maximum absolute atomic E-state index is 12.3. The number of fused-ring (bicyclic) bond motifs is 2. The predicted molar refractivity (Wildman–Crippen MR) is 93.3 cm³/mol. The maximum Gasteiger partial charge on any atom is 0.258 e. The molecule has 0 spiro atoms. The zero-order chi connectivity index (χ0) is 16.0. The summed E-state index contributed by atoms with van der Waals surface area (Å²) in [6.07, 6.45) is 2.68. The molecule has 0 unspecified atom stereocenters. The van der Waals surface area contributed by atoms with Crippen molar-refractivity contribution in [1.82, 2.24) is 14.3 Å². The van der Waals surface area contributed by atoms with E-state index in [2.05, 4.69) is 28.3 Å². The molecule has 0 bridgehead atoms. The monoisotopic (exact) mass is 345 g/mol. The largest absolute Gasteiger partial charge is 0.290 e. The molecule has 23 heavy (non-hydrogen) atoms. The highest BCUT2D eigenvalue weighted by Crippen LogP contribution is 2.33. The molecule has 1 atom stereocenters. The fraction of sp³-hybridized carbons (Fsp3) is 0.294. The smallest absolute Gasteiger partial charge is 0.258 e. The zero-order valence-electron chi connectivity index (χ0n) is 12.7. The molecule has 6 heteroatoms. The molecule has 0 saturated carbocycles. The van der Waals surface area contributed by atoms with Gasteiger partial charge in [-0.25, -0.2) is 4.98 Å². The Morgan fingerprint density at radius 1 is 1.39 bits per heavy atom. The first-order valence-corrected chi connectivity index (χ1v) is 8.86. The van der Waals surface area contributed by atoms with Gasteiger partial charge in [-0.3, -0.25) is 14.1 Å². The quantitative estimate of drug-likeness (QED) is 0.713. The summed E-state index contributed by atoms with van der Waals surface area (Å²) < 4.78 is 1.49. The van der Waals surface area contributed by atoms with E-state index < -0.39 is 0 Å². The minimum atomic E-state index is -0.0895. The molecule has 0 saturated heterocycles. The van der Waals surface area contributed by atoms with E-state index >= 15 is 0 Å². The first-order valence-electron chi connectivity index (χ1n) is 7.60. The zero-order valence-corrected chi connectivity index (χ0v) is 14.3. The number of hydrogen-bond acceptors (Lipinski definition) is 4. The average molecular weight is 346 g/mol. The number of halogens is 1. The fourth-order valence-corrected chi connectivity index (χ4v) is 4.32. The third kappa shape index (κ3) is 2.69. The lowest BCUT2D eigenvalue weighted by atomic mass is 10.0. The summed E-state index contributed by atoms with van der Waals surface area (Å²) in [6.45, 7) is 3.90. The summed E-state index contributed by atoms with van der Waals surface area (Å²) in [5.41, 5.74) is 2.76. The van der Waals surface area contributed by atoms with E-state index in [0.717, 1.165) is 18.7 Å². The number of hydrogen-bond donors (Lipinski definition) is 0. The van der Waals surface area contributed by atoms with Gasteiger partial charge in [-0.05, 0) is 42.5 Å². The number of thiophene rings is 1. The predicted octanol–water partition coefficient (Wildman–Crippen LogP) is 3.53. The molecule has 0 fully saturated rings. The molecule has 1 aliphatic heterocycles. The van der Waals surface area contributed by atoms with Crippen molar-refractivity contribution in [2.45, 2.75) is 25.9 Å². The van der Waals surface area contributed by atoms with Gasteiger partial charge in [0.15, 0.2) is 0 Å². The normalized spacial score (nSPS) is 18.3. The number of pyridine rings is 1. The van der Waals surface area contributed by atoms with Crippen molar-refractivity contribution in [2.24, 2.45) is 0 Å². The second-order valence-electron chi connectivity index (χ2n) is 5.86. The second-order valence-corrected chi connectivity index (χ2v) is 7.29. The van der Waals surface area contributed by atoms with Gasteiger partial charge in [0, 0.05) is 36.3 Å². The standard InChI is InChI=1S/C17H16ClN3OS/c1-11-14-5-7-23-15(14)4-6-20(11)10-13-8-17(22)21-9-12(18)2-3-16(21)19-13/h2-3,5,7-9,11H,4,6,10H2,1H3/t11-/m0/s1. The van der Waals surface area contributed by atoms with Crippen LogP contribution in [0, 0.1) is 0 Å². The van der Waals surface area contributed by atoms with Crippen LogP contribution in [0.15, 0.2) is 40.6 Å². The number of nitrogens with zero attached hydrogens (tertiary/aromatic N) is 3. The third-order valence-electron chi connectivity index (χ3n) is 4.45. The molecule has 0 aliphatic carbocycles. The first kappa shape index (κ1) is 14.9. The van der Waals surface area contributed by atoms with Crippen molar-refractivity contribution in [2.75, 3.05) is 6.54 Å². The van der Waals surface area contributed by atoms with Crippen molar-refractivity contribution >= 4 is 28.6 Å². The van der Waals surface area contributed by atoms with Crippen LogP contribution in [0.4, 0.5) is 0 Å². The fourth-order valence-electron chi connectivity index (χ4n) is 3.19. The van der Waals surface area contributed by atoms with E-state index in [1.165, 1.54) is 14.8 Å². The van der Waals surface area contributed by atoms with E-state index in [0.29, 0.717) is 23.3 Å². The maximum atomic E-state index is 12.3. The Bertz CT molecular complexity index is 933. The molecular formula is C17H16ClN3OS. The Morgan fingerprint density at radius 3 is 3.13 bits per heavy atom. The Hall–Kier alpha value is -1.69. The molecule has 4 heterocycles. The van der Waals surface area contributed by atoms with Gasteiger partial charge < -0.3 is 0 Å². The molecule has 4 rings (SSSR count). The van der Waals surface area contributed by atoms with Crippen LogP contribution < -0.4 is 5.56 Å². The Kier molecular flexibility index (Phi) is 3.71. The van der Waals surface area contributed by atoms with Gasteiger partial charge in [0.25, 0.3) is 5.56 Å². The van der Waals surface area contributed by atoms with E-state index in [9.17, 15) is 4.79 Å². The Labute approximate surface area is 143 Å². The summed E-state index contributed by atoms with van der Waals surface area (Å²) in [4.78, 5) is 20.8. The lowest BCUT2D eigenvalue weighted by molar-refractivity contribution is 0.189. The molecule has 4 nitrogen and oxygen atoms in total. The van der Waals surface area contributed by atoms with Gasteiger partial charge in [0.2, 0.25) is 0 Å². The molecule has 0 radical (unpaired) electrons. The summed E-state index contributed by atoms with van der Waals surface area (Å²) in [6, 6.07) is 7.72. The van der Waals surface area contributed by atoms with Crippen LogP contribution >= 0.6 is 22.9 Å². The van der Waals surface area contributed by atoms with Crippen molar-refractivity contribution in [3.8, 4) is 0 Å². The molecular weight excluding hydrogens is 330 g/mol. The molecule has 1 aliphatic rings. The van der Waals surface area contributed by atoms with Gasteiger partial charge in [0.1, 0.15) is 5.65 Å². The summed E-state index contributed by atoms with van der Waals surface area (Å²) in [5, 5.41) is 2.69. The molecule has 0 aromatic carbocycles. The van der Waals surface area contributed by atoms with Crippen LogP contribution in [-0.4, -0.2) is 20.8 Å². The Balaban J connectivity index is 1.66. The van der Waals surface area contributed by atoms with Gasteiger partial charge in [-0.15, -0.1) is 11.3 Å². The Morgan fingerprint density at radius 2 is 2.26 bits per heavy atom. The highest BCUT2D eigenvalue weighted by atomic mass is 35.5. The molecule has 0 N–H and O–H groups in total. The van der Waals surface area contributed by atoms with Gasteiger partial charge in [-0.1, -0.05) is 11.6 Å². The van der Waals surface area contributed by atoms with Crippen LogP contribution in [-0.2, 0) is 13.0 Å². The SMILES string of the molecule is C[C@H]1c2ccsc2CCN1Cc1cc(=O)n2cc(Cl)ccc2n1. The first-order chi connectivity index (χ1) is 11.1. The summed E-state index contributed by atoms with van der Waals surface area (Å²) in [7, 11) is 0. The van der Waals surface area contributed by atoms with Crippen molar-refractivity contribution in [3.63, 3.8) is 0 Å². The van der Waals surface area contributed by atoms with Crippen molar-refractivity contribution < 1.29 is 0 Å². The summed E-state index contributed by atoms with van der Waals surface area (Å²) in [5.74, 6) is 0. The topological polar surface area (TPSA) is 37.6 Å². The number of rotatable bonds is 2. The van der Waals surface area contributed by atoms with Crippen molar-refractivity contribution in [1.29, 1.82) is 0 Å². The van der Waals surface area contributed by atoms with Crippen LogP contribution in [0.2, 0.25) is 5.02 Å².